The van der Waals surface area contributed by atoms with Gasteiger partial charge in [0.15, 0.2) is 0 Å². The molecule has 1 aliphatic carbocycles. The second-order valence-corrected chi connectivity index (χ2v) is 4.25. The Hall–Kier alpha value is -1.51. The molecule has 0 saturated heterocycles. The van der Waals surface area contributed by atoms with Crippen LogP contribution in [-0.2, 0) is 0 Å². The van der Waals surface area contributed by atoms with E-state index in [1.165, 1.54) is 12.8 Å². The average molecular weight is 204 g/mol. The van der Waals surface area contributed by atoms with Gasteiger partial charge in [-0.3, -0.25) is 4.79 Å². The van der Waals surface area contributed by atoms with Gasteiger partial charge in [-0.05, 0) is 37.0 Å². The molecule has 80 valence electrons. The van der Waals surface area contributed by atoms with Crippen molar-refractivity contribution in [2.45, 2.75) is 12.8 Å². The van der Waals surface area contributed by atoms with Crippen molar-refractivity contribution in [1.29, 1.82) is 0 Å². The third kappa shape index (κ3) is 2.49. The summed E-state index contributed by atoms with van der Waals surface area (Å²) in [5.41, 5.74) is 6.96. The standard InChI is InChI=1S/C12H16N2O/c1-14(8-9-5-6-9)12(15)10-3-2-4-11(13)7-10/h2-4,7,9H,5-6,8,13H2,1H3. The summed E-state index contributed by atoms with van der Waals surface area (Å²) in [5.74, 6) is 0.786. The smallest absolute Gasteiger partial charge is 0.253 e. The second kappa shape index (κ2) is 3.93. The van der Waals surface area contributed by atoms with Crippen LogP contribution in [0.1, 0.15) is 23.2 Å². The van der Waals surface area contributed by atoms with Gasteiger partial charge >= 0.3 is 0 Å². The lowest BCUT2D eigenvalue weighted by atomic mass is 10.2. The fourth-order valence-corrected chi connectivity index (χ4v) is 1.66. The van der Waals surface area contributed by atoms with Crippen molar-refractivity contribution >= 4 is 11.6 Å². The molecule has 1 aromatic rings. The van der Waals surface area contributed by atoms with Crippen LogP contribution in [0, 0.1) is 5.92 Å². The Bertz CT molecular complexity index is 372. The molecular formula is C12H16N2O. The number of carbonyl (C=O) groups is 1. The summed E-state index contributed by atoms with van der Waals surface area (Å²) < 4.78 is 0. The molecule has 0 spiro atoms. The summed E-state index contributed by atoms with van der Waals surface area (Å²) in [6, 6.07) is 7.14. The molecule has 1 aromatic carbocycles. The normalized spacial score (nSPS) is 15.0. The number of hydrogen-bond acceptors (Lipinski definition) is 2. The molecule has 1 amide bonds. The zero-order valence-electron chi connectivity index (χ0n) is 8.94. The minimum atomic E-state index is 0.0641. The first kappa shape index (κ1) is 10.0. The lowest BCUT2D eigenvalue weighted by molar-refractivity contribution is 0.0789. The number of nitrogen functional groups attached to an aromatic ring is 1. The van der Waals surface area contributed by atoms with Gasteiger partial charge in [-0.1, -0.05) is 6.07 Å². The molecular weight excluding hydrogens is 188 g/mol. The van der Waals surface area contributed by atoms with E-state index in [-0.39, 0.29) is 5.91 Å². The number of hydrogen-bond donors (Lipinski definition) is 1. The van der Waals surface area contributed by atoms with Crippen molar-refractivity contribution in [1.82, 2.24) is 4.90 Å². The van der Waals surface area contributed by atoms with Crippen LogP contribution in [0.2, 0.25) is 0 Å². The minimum absolute atomic E-state index is 0.0641. The Morgan fingerprint density at radius 3 is 2.87 bits per heavy atom. The Kier molecular flexibility index (Phi) is 2.62. The number of rotatable bonds is 3. The van der Waals surface area contributed by atoms with Crippen LogP contribution in [0.3, 0.4) is 0 Å². The number of carbonyl (C=O) groups excluding carboxylic acids is 1. The highest BCUT2D eigenvalue weighted by molar-refractivity contribution is 5.94. The average Bonchev–Trinajstić information content (AvgIpc) is 3.00. The van der Waals surface area contributed by atoms with Gasteiger partial charge < -0.3 is 10.6 Å². The molecule has 15 heavy (non-hydrogen) atoms. The first-order chi connectivity index (χ1) is 7.16. The number of amides is 1. The number of anilines is 1. The van der Waals surface area contributed by atoms with E-state index in [9.17, 15) is 4.79 Å². The van der Waals surface area contributed by atoms with E-state index in [0.29, 0.717) is 11.3 Å². The van der Waals surface area contributed by atoms with Crippen molar-refractivity contribution in [2.24, 2.45) is 5.92 Å². The van der Waals surface area contributed by atoms with E-state index < -0.39 is 0 Å². The lowest BCUT2D eigenvalue weighted by Crippen LogP contribution is -2.28. The molecule has 0 heterocycles. The Labute approximate surface area is 89.9 Å². The molecule has 1 fully saturated rings. The van der Waals surface area contributed by atoms with E-state index in [4.69, 9.17) is 5.73 Å². The van der Waals surface area contributed by atoms with Gasteiger partial charge in [0.25, 0.3) is 5.91 Å². The van der Waals surface area contributed by atoms with Crippen LogP contribution in [-0.4, -0.2) is 24.4 Å². The summed E-state index contributed by atoms with van der Waals surface area (Å²) in [5, 5.41) is 0. The van der Waals surface area contributed by atoms with Gasteiger partial charge in [0.1, 0.15) is 0 Å². The molecule has 3 nitrogen and oxygen atoms in total. The first-order valence-corrected chi connectivity index (χ1v) is 5.28. The summed E-state index contributed by atoms with van der Waals surface area (Å²) in [7, 11) is 1.85. The zero-order chi connectivity index (χ0) is 10.8. The van der Waals surface area contributed by atoms with E-state index in [1.807, 2.05) is 19.2 Å². The van der Waals surface area contributed by atoms with Crippen LogP contribution >= 0.6 is 0 Å². The molecule has 0 aliphatic heterocycles. The van der Waals surface area contributed by atoms with Gasteiger partial charge in [-0.2, -0.15) is 0 Å². The van der Waals surface area contributed by atoms with Crippen molar-refractivity contribution in [3.8, 4) is 0 Å². The van der Waals surface area contributed by atoms with Gasteiger partial charge in [-0.25, -0.2) is 0 Å². The molecule has 0 radical (unpaired) electrons. The predicted molar refractivity (Wildman–Crippen MR) is 60.5 cm³/mol. The number of benzene rings is 1. The topological polar surface area (TPSA) is 46.3 Å². The van der Waals surface area contributed by atoms with Crippen LogP contribution in [0.4, 0.5) is 5.69 Å². The largest absolute Gasteiger partial charge is 0.399 e. The van der Waals surface area contributed by atoms with Crippen molar-refractivity contribution < 1.29 is 4.79 Å². The SMILES string of the molecule is CN(CC1CC1)C(=O)c1cccc(N)c1. The second-order valence-electron chi connectivity index (χ2n) is 4.25. The highest BCUT2D eigenvalue weighted by Gasteiger charge is 2.25. The van der Waals surface area contributed by atoms with Crippen molar-refractivity contribution in [3.05, 3.63) is 29.8 Å². The molecule has 0 unspecified atom stereocenters. The highest BCUT2D eigenvalue weighted by Crippen LogP contribution is 2.29. The predicted octanol–water partition coefficient (Wildman–Crippen LogP) is 1.75. The zero-order valence-corrected chi connectivity index (χ0v) is 8.94. The lowest BCUT2D eigenvalue weighted by Gasteiger charge is -2.16. The van der Waals surface area contributed by atoms with Gasteiger partial charge in [0, 0.05) is 24.8 Å². The van der Waals surface area contributed by atoms with Gasteiger partial charge in [-0.15, -0.1) is 0 Å². The van der Waals surface area contributed by atoms with E-state index in [1.54, 1.807) is 17.0 Å². The maximum absolute atomic E-state index is 11.9. The maximum Gasteiger partial charge on any atom is 0.253 e. The number of nitrogens with two attached hydrogens (primary N) is 1. The molecule has 0 aromatic heterocycles. The van der Waals surface area contributed by atoms with Gasteiger partial charge in [0.2, 0.25) is 0 Å². The molecule has 2 N–H and O–H groups in total. The summed E-state index contributed by atoms with van der Waals surface area (Å²) in [4.78, 5) is 13.7. The fourth-order valence-electron chi connectivity index (χ4n) is 1.66. The van der Waals surface area contributed by atoms with Crippen LogP contribution in [0.15, 0.2) is 24.3 Å². The van der Waals surface area contributed by atoms with Crippen molar-refractivity contribution in [3.63, 3.8) is 0 Å². The van der Waals surface area contributed by atoms with E-state index in [2.05, 4.69) is 0 Å². The summed E-state index contributed by atoms with van der Waals surface area (Å²) in [6.07, 6.45) is 2.52. The van der Waals surface area contributed by atoms with E-state index in [0.717, 1.165) is 12.5 Å². The molecule has 3 heteroatoms. The molecule has 1 saturated carbocycles. The van der Waals surface area contributed by atoms with E-state index >= 15 is 0 Å². The molecule has 1 aliphatic rings. The third-order valence-electron chi connectivity index (χ3n) is 2.71. The Balaban J connectivity index is 2.05. The third-order valence-corrected chi connectivity index (χ3v) is 2.71. The quantitative estimate of drug-likeness (QED) is 0.762. The summed E-state index contributed by atoms with van der Waals surface area (Å²) >= 11 is 0. The first-order valence-electron chi connectivity index (χ1n) is 5.28. The fraction of sp³-hybridized carbons (Fsp3) is 0.417. The van der Waals surface area contributed by atoms with Crippen molar-refractivity contribution in [2.75, 3.05) is 19.3 Å². The highest BCUT2D eigenvalue weighted by atomic mass is 16.2. The molecule has 0 atom stereocenters. The molecule has 2 rings (SSSR count). The minimum Gasteiger partial charge on any atom is -0.399 e. The number of nitrogens with zero attached hydrogens (tertiary/aromatic N) is 1. The molecule has 0 bridgehead atoms. The van der Waals surface area contributed by atoms with Crippen LogP contribution in [0.25, 0.3) is 0 Å². The van der Waals surface area contributed by atoms with Crippen LogP contribution < -0.4 is 5.73 Å². The maximum atomic E-state index is 11.9. The Morgan fingerprint density at radius 2 is 2.27 bits per heavy atom. The van der Waals surface area contributed by atoms with Gasteiger partial charge in [0.05, 0.1) is 0 Å². The summed E-state index contributed by atoms with van der Waals surface area (Å²) in [6.45, 7) is 0.869. The van der Waals surface area contributed by atoms with Crippen LogP contribution in [0.5, 0.6) is 0 Å². The Morgan fingerprint density at radius 1 is 1.53 bits per heavy atom. The monoisotopic (exact) mass is 204 g/mol.